The van der Waals surface area contributed by atoms with E-state index in [1.54, 1.807) is 12.1 Å². The van der Waals surface area contributed by atoms with Crippen molar-refractivity contribution in [3.8, 4) is 0 Å². The zero-order valence-corrected chi connectivity index (χ0v) is 9.42. The molecule has 1 aliphatic carbocycles. The first-order valence-corrected chi connectivity index (χ1v) is 5.42. The summed E-state index contributed by atoms with van der Waals surface area (Å²) < 4.78 is 0. The number of carboxylic acid groups (broad SMARTS) is 1. The van der Waals surface area contributed by atoms with E-state index < -0.39 is 23.7 Å². The molecule has 0 aromatic heterocycles. The second kappa shape index (κ2) is 4.48. The van der Waals surface area contributed by atoms with Gasteiger partial charge in [-0.2, -0.15) is 0 Å². The van der Waals surface area contributed by atoms with Gasteiger partial charge in [0.2, 0.25) is 11.8 Å². The zero-order valence-electron chi connectivity index (χ0n) is 9.42. The number of rotatable bonds is 4. The molecular weight excluding hydrogens is 236 g/mol. The molecule has 1 aliphatic rings. The molecule has 1 saturated carbocycles. The molecule has 2 rings (SSSR count). The van der Waals surface area contributed by atoms with Crippen LogP contribution in [0.1, 0.15) is 16.8 Å². The number of amides is 2. The average Bonchev–Trinajstić information content (AvgIpc) is 3.09. The number of hydrogen-bond donors (Lipinski definition) is 3. The number of benzene rings is 1. The van der Waals surface area contributed by atoms with Gasteiger partial charge in [0, 0.05) is 11.3 Å². The molecule has 94 valence electrons. The largest absolute Gasteiger partial charge is 0.481 e. The first-order chi connectivity index (χ1) is 8.49. The van der Waals surface area contributed by atoms with Gasteiger partial charge in [0.05, 0.1) is 11.8 Å². The molecule has 0 saturated heterocycles. The number of aliphatic carboxylic acids is 1. The maximum Gasteiger partial charge on any atom is 0.307 e. The van der Waals surface area contributed by atoms with Crippen molar-refractivity contribution in [1.29, 1.82) is 0 Å². The normalized spacial score (nSPS) is 21.1. The molecule has 0 unspecified atom stereocenters. The molecule has 18 heavy (non-hydrogen) atoms. The average molecular weight is 248 g/mol. The van der Waals surface area contributed by atoms with E-state index in [9.17, 15) is 14.4 Å². The quantitative estimate of drug-likeness (QED) is 0.718. The molecule has 6 heteroatoms. The predicted molar refractivity (Wildman–Crippen MR) is 62.8 cm³/mol. The second-order valence-corrected chi connectivity index (χ2v) is 4.22. The summed E-state index contributed by atoms with van der Waals surface area (Å²) in [5.74, 6) is -2.83. The van der Waals surface area contributed by atoms with Gasteiger partial charge in [0.25, 0.3) is 0 Å². The Bertz CT molecular complexity index is 509. The van der Waals surface area contributed by atoms with Crippen molar-refractivity contribution >= 4 is 23.5 Å². The first kappa shape index (κ1) is 12.1. The van der Waals surface area contributed by atoms with E-state index >= 15 is 0 Å². The van der Waals surface area contributed by atoms with E-state index in [1.807, 2.05) is 0 Å². The molecule has 4 N–H and O–H groups in total. The highest BCUT2D eigenvalue weighted by Gasteiger charge is 2.48. The van der Waals surface area contributed by atoms with Crippen LogP contribution in [0.2, 0.25) is 0 Å². The Morgan fingerprint density at radius 1 is 1.17 bits per heavy atom. The van der Waals surface area contributed by atoms with Gasteiger partial charge in [-0.15, -0.1) is 0 Å². The number of nitrogens with one attached hydrogen (secondary N) is 1. The van der Waals surface area contributed by atoms with Gasteiger partial charge in [0.15, 0.2) is 0 Å². The summed E-state index contributed by atoms with van der Waals surface area (Å²) in [7, 11) is 0. The third-order valence-electron chi connectivity index (χ3n) is 2.88. The minimum atomic E-state index is -0.945. The highest BCUT2D eigenvalue weighted by atomic mass is 16.4. The topological polar surface area (TPSA) is 109 Å². The molecule has 0 aliphatic heterocycles. The van der Waals surface area contributed by atoms with Gasteiger partial charge in [-0.1, -0.05) is 0 Å². The van der Waals surface area contributed by atoms with E-state index in [0.29, 0.717) is 17.7 Å². The van der Waals surface area contributed by atoms with Crippen molar-refractivity contribution in [2.24, 2.45) is 17.6 Å². The lowest BCUT2D eigenvalue weighted by atomic mass is 10.2. The van der Waals surface area contributed by atoms with Crippen LogP contribution in [-0.4, -0.2) is 22.9 Å². The number of carboxylic acids is 1. The molecule has 1 fully saturated rings. The molecule has 2 atom stereocenters. The van der Waals surface area contributed by atoms with Crippen molar-refractivity contribution in [2.75, 3.05) is 5.32 Å². The number of primary amides is 1. The van der Waals surface area contributed by atoms with Crippen LogP contribution < -0.4 is 11.1 Å². The smallest absolute Gasteiger partial charge is 0.307 e. The minimum absolute atomic E-state index is 0.311. The van der Waals surface area contributed by atoms with Gasteiger partial charge in [0.1, 0.15) is 0 Å². The van der Waals surface area contributed by atoms with E-state index in [0.717, 1.165) is 0 Å². The van der Waals surface area contributed by atoms with Crippen molar-refractivity contribution in [3.63, 3.8) is 0 Å². The first-order valence-electron chi connectivity index (χ1n) is 5.42. The highest BCUT2D eigenvalue weighted by molar-refractivity contribution is 5.99. The molecule has 0 radical (unpaired) electrons. The molecule has 1 aromatic carbocycles. The van der Waals surface area contributed by atoms with Crippen LogP contribution in [0.25, 0.3) is 0 Å². The van der Waals surface area contributed by atoms with Crippen molar-refractivity contribution in [3.05, 3.63) is 29.8 Å². The standard InChI is InChI=1S/C12H12N2O4/c13-10(15)6-1-3-7(4-2-6)14-11(16)8-5-9(8)12(17)18/h1-4,8-9H,5H2,(H2,13,15)(H,14,16)(H,17,18)/t8-,9+/m1/s1. The predicted octanol–water partition coefficient (Wildman–Crippen LogP) is 0.445. The molecule has 1 aromatic rings. The lowest BCUT2D eigenvalue weighted by Gasteiger charge is -2.04. The van der Waals surface area contributed by atoms with Crippen molar-refractivity contribution < 1.29 is 19.5 Å². The third-order valence-corrected chi connectivity index (χ3v) is 2.88. The van der Waals surface area contributed by atoms with Gasteiger partial charge in [-0.25, -0.2) is 0 Å². The number of carbonyl (C=O) groups is 3. The summed E-state index contributed by atoms with van der Waals surface area (Å²) in [6, 6.07) is 6.10. The van der Waals surface area contributed by atoms with E-state index in [2.05, 4.69) is 5.32 Å². The van der Waals surface area contributed by atoms with Crippen LogP contribution in [0.3, 0.4) is 0 Å². The number of hydrogen-bond acceptors (Lipinski definition) is 3. The van der Waals surface area contributed by atoms with Crippen molar-refractivity contribution in [1.82, 2.24) is 0 Å². The lowest BCUT2D eigenvalue weighted by molar-refractivity contribution is -0.139. The summed E-state index contributed by atoms with van der Waals surface area (Å²) in [5.41, 5.74) is 5.95. The fourth-order valence-electron chi connectivity index (χ4n) is 1.71. The summed E-state index contributed by atoms with van der Waals surface area (Å²) in [6.45, 7) is 0. The highest BCUT2D eigenvalue weighted by Crippen LogP contribution is 2.39. The fraction of sp³-hybridized carbons (Fsp3) is 0.250. The van der Waals surface area contributed by atoms with Crippen LogP contribution in [0, 0.1) is 11.8 Å². The number of carbonyl (C=O) groups excluding carboxylic acids is 2. The van der Waals surface area contributed by atoms with E-state index in [1.165, 1.54) is 12.1 Å². The zero-order chi connectivity index (χ0) is 13.3. The maximum absolute atomic E-state index is 11.6. The summed E-state index contributed by atoms with van der Waals surface area (Å²) >= 11 is 0. The molecule has 0 spiro atoms. The maximum atomic E-state index is 11.6. The Kier molecular flexibility index (Phi) is 3.01. The fourth-order valence-corrected chi connectivity index (χ4v) is 1.71. The van der Waals surface area contributed by atoms with Gasteiger partial charge in [-0.3, -0.25) is 14.4 Å². The lowest BCUT2D eigenvalue weighted by Crippen LogP contribution is -2.17. The minimum Gasteiger partial charge on any atom is -0.481 e. The second-order valence-electron chi connectivity index (χ2n) is 4.22. The monoisotopic (exact) mass is 248 g/mol. The SMILES string of the molecule is NC(=O)c1ccc(NC(=O)[C@@H]2C[C@@H]2C(=O)O)cc1. The Balaban J connectivity index is 1.96. The molecule has 6 nitrogen and oxygen atoms in total. The molecule has 2 amide bonds. The van der Waals surface area contributed by atoms with Gasteiger partial charge < -0.3 is 16.2 Å². The van der Waals surface area contributed by atoms with Crippen LogP contribution in [0.15, 0.2) is 24.3 Å². The Morgan fingerprint density at radius 3 is 2.22 bits per heavy atom. The van der Waals surface area contributed by atoms with Crippen molar-refractivity contribution in [2.45, 2.75) is 6.42 Å². The van der Waals surface area contributed by atoms with E-state index in [-0.39, 0.29) is 5.91 Å². The van der Waals surface area contributed by atoms with Crippen LogP contribution in [0.5, 0.6) is 0 Å². The van der Waals surface area contributed by atoms with Crippen LogP contribution in [0.4, 0.5) is 5.69 Å². The van der Waals surface area contributed by atoms with Gasteiger partial charge in [-0.05, 0) is 30.7 Å². The Morgan fingerprint density at radius 2 is 1.78 bits per heavy atom. The summed E-state index contributed by atoms with van der Waals surface area (Å²) in [6.07, 6.45) is 0.376. The number of nitrogens with two attached hydrogens (primary N) is 1. The molecule has 0 heterocycles. The third kappa shape index (κ3) is 2.48. The molecular formula is C12H12N2O4. The summed E-state index contributed by atoms with van der Waals surface area (Å²) in [5, 5.41) is 11.3. The molecule has 0 bridgehead atoms. The Labute approximate surface area is 103 Å². The van der Waals surface area contributed by atoms with Crippen LogP contribution >= 0.6 is 0 Å². The number of anilines is 1. The van der Waals surface area contributed by atoms with E-state index in [4.69, 9.17) is 10.8 Å². The summed E-state index contributed by atoms with van der Waals surface area (Å²) in [4.78, 5) is 33.1. The Hall–Kier alpha value is -2.37. The van der Waals surface area contributed by atoms with Crippen LogP contribution in [-0.2, 0) is 9.59 Å². The van der Waals surface area contributed by atoms with Gasteiger partial charge >= 0.3 is 5.97 Å².